The molecule has 0 aliphatic rings. The summed E-state index contributed by atoms with van der Waals surface area (Å²) in [5.41, 5.74) is 2.85. The standard InChI is InChI=1S/C15H17N3O3/c1-10-3-5-12(6-4-10)18(8-7-14(19)20)15(21)13-9-16-17-11(13)2/h3-6,9H,7-8H2,1-2H3,(H,16,17)(H,19,20). The summed E-state index contributed by atoms with van der Waals surface area (Å²) >= 11 is 0. The van der Waals surface area contributed by atoms with Gasteiger partial charge in [-0.2, -0.15) is 5.10 Å². The van der Waals surface area contributed by atoms with Crippen molar-refractivity contribution in [2.45, 2.75) is 20.3 Å². The number of aromatic nitrogens is 2. The molecule has 1 aromatic heterocycles. The maximum Gasteiger partial charge on any atom is 0.305 e. The van der Waals surface area contributed by atoms with Crippen molar-refractivity contribution in [2.75, 3.05) is 11.4 Å². The first-order chi connectivity index (χ1) is 9.99. The molecule has 2 rings (SSSR count). The lowest BCUT2D eigenvalue weighted by Crippen LogP contribution is -2.33. The average molecular weight is 287 g/mol. The fraction of sp³-hybridized carbons (Fsp3) is 0.267. The zero-order valence-electron chi connectivity index (χ0n) is 12.0. The van der Waals surface area contributed by atoms with E-state index in [4.69, 9.17) is 5.11 Å². The van der Waals surface area contributed by atoms with Gasteiger partial charge >= 0.3 is 5.97 Å². The Balaban J connectivity index is 2.31. The Labute approximate surface area is 122 Å². The number of carboxylic acid groups (broad SMARTS) is 1. The fourth-order valence-electron chi connectivity index (χ4n) is 1.99. The molecular weight excluding hydrogens is 270 g/mol. The number of anilines is 1. The Morgan fingerprint density at radius 1 is 1.24 bits per heavy atom. The minimum Gasteiger partial charge on any atom is -0.481 e. The Bertz CT molecular complexity index is 646. The summed E-state index contributed by atoms with van der Waals surface area (Å²) in [5, 5.41) is 15.4. The van der Waals surface area contributed by atoms with Gasteiger partial charge in [-0.15, -0.1) is 0 Å². The van der Waals surface area contributed by atoms with Crippen LogP contribution in [0.15, 0.2) is 30.5 Å². The van der Waals surface area contributed by atoms with Gasteiger partial charge in [0.1, 0.15) is 0 Å². The second-order valence-corrected chi connectivity index (χ2v) is 4.84. The Kier molecular flexibility index (Phi) is 4.37. The summed E-state index contributed by atoms with van der Waals surface area (Å²) in [6.45, 7) is 3.82. The van der Waals surface area contributed by atoms with Crippen LogP contribution in [-0.2, 0) is 4.79 Å². The third kappa shape index (κ3) is 3.47. The smallest absolute Gasteiger partial charge is 0.305 e. The van der Waals surface area contributed by atoms with Crippen LogP contribution < -0.4 is 4.90 Å². The number of hydrogen-bond donors (Lipinski definition) is 2. The number of nitrogens with zero attached hydrogens (tertiary/aromatic N) is 2. The molecule has 1 amide bonds. The van der Waals surface area contributed by atoms with Gasteiger partial charge in [-0.3, -0.25) is 14.7 Å². The van der Waals surface area contributed by atoms with E-state index in [9.17, 15) is 9.59 Å². The van der Waals surface area contributed by atoms with Crippen molar-refractivity contribution in [1.29, 1.82) is 0 Å². The molecule has 0 fully saturated rings. The van der Waals surface area contributed by atoms with Crippen LogP contribution in [0.1, 0.15) is 28.0 Å². The number of aromatic amines is 1. The van der Waals surface area contributed by atoms with Crippen molar-refractivity contribution >= 4 is 17.6 Å². The van der Waals surface area contributed by atoms with Gasteiger partial charge in [0.25, 0.3) is 5.91 Å². The van der Waals surface area contributed by atoms with Crippen LogP contribution in [0.25, 0.3) is 0 Å². The molecule has 0 bridgehead atoms. The predicted octanol–water partition coefficient (Wildman–Crippen LogP) is 2.15. The number of amides is 1. The van der Waals surface area contributed by atoms with E-state index in [0.717, 1.165) is 5.56 Å². The van der Waals surface area contributed by atoms with Crippen molar-refractivity contribution in [3.63, 3.8) is 0 Å². The van der Waals surface area contributed by atoms with Gasteiger partial charge < -0.3 is 10.0 Å². The van der Waals surface area contributed by atoms with E-state index in [1.807, 2.05) is 31.2 Å². The van der Waals surface area contributed by atoms with Crippen LogP contribution in [0.5, 0.6) is 0 Å². The second-order valence-electron chi connectivity index (χ2n) is 4.84. The highest BCUT2D eigenvalue weighted by Crippen LogP contribution is 2.19. The van der Waals surface area contributed by atoms with Crippen molar-refractivity contribution < 1.29 is 14.7 Å². The fourth-order valence-corrected chi connectivity index (χ4v) is 1.99. The number of rotatable bonds is 5. The molecule has 2 aromatic rings. The van der Waals surface area contributed by atoms with E-state index in [1.165, 1.54) is 11.1 Å². The van der Waals surface area contributed by atoms with Gasteiger partial charge in [0.15, 0.2) is 0 Å². The van der Waals surface area contributed by atoms with Gasteiger partial charge in [0.2, 0.25) is 0 Å². The van der Waals surface area contributed by atoms with E-state index in [2.05, 4.69) is 10.2 Å². The molecule has 0 aliphatic heterocycles. The lowest BCUT2D eigenvalue weighted by Gasteiger charge is -2.22. The third-order valence-corrected chi connectivity index (χ3v) is 3.20. The van der Waals surface area contributed by atoms with Gasteiger partial charge in [-0.1, -0.05) is 17.7 Å². The van der Waals surface area contributed by atoms with Crippen molar-refractivity contribution in [1.82, 2.24) is 10.2 Å². The highest BCUT2D eigenvalue weighted by atomic mass is 16.4. The normalized spacial score (nSPS) is 10.4. The molecule has 6 heteroatoms. The quantitative estimate of drug-likeness (QED) is 0.882. The Hall–Kier alpha value is -2.63. The van der Waals surface area contributed by atoms with Gasteiger partial charge in [0.05, 0.1) is 18.2 Å². The highest BCUT2D eigenvalue weighted by Gasteiger charge is 2.21. The number of aliphatic carboxylic acids is 1. The van der Waals surface area contributed by atoms with E-state index in [-0.39, 0.29) is 18.9 Å². The second kappa shape index (κ2) is 6.21. The van der Waals surface area contributed by atoms with Gasteiger partial charge in [0, 0.05) is 17.9 Å². The van der Waals surface area contributed by atoms with Crippen LogP contribution in [0.4, 0.5) is 5.69 Å². The molecule has 21 heavy (non-hydrogen) atoms. The molecule has 0 unspecified atom stereocenters. The molecule has 0 atom stereocenters. The molecular formula is C15H17N3O3. The number of aryl methyl sites for hydroxylation is 2. The molecule has 1 heterocycles. The summed E-state index contributed by atoms with van der Waals surface area (Å²) in [7, 11) is 0. The molecule has 6 nitrogen and oxygen atoms in total. The largest absolute Gasteiger partial charge is 0.481 e. The maximum absolute atomic E-state index is 12.6. The van der Waals surface area contributed by atoms with E-state index in [1.54, 1.807) is 6.92 Å². The van der Waals surface area contributed by atoms with Crippen LogP contribution >= 0.6 is 0 Å². The lowest BCUT2D eigenvalue weighted by molar-refractivity contribution is -0.136. The predicted molar refractivity (Wildman–Crippen MR) is 78.4 cm³/mol. The minimum atomic E-state index is -0.941. The Morgan fingerprint density at radius 2 is 1.90 bits per heavy atom. The van der Waals surface area contributed by atoms with Crippen LogP contribution in [0.2, 0.25) is 0 Å². The SMILES string of the molecule is Cc1ccc(N(CCC(=O)O)C(=O)c2cn[nH]c2C)cc1. The summed E-state index contributed by atoms with van der Waals surface area (Å²) in [5.74, 6) is -1.20. The van der Waals surface area contributed by atoms with Gasteiger partial charge in [-0.25, -0.2) is 0 Å². The molecule has 2 N–H and O–H groups in total. The summed E-state index contributed by atoms with van der Waals surface area (Å²) in [4.78, 5) is 24.9. The topological polar surface area (TPSA) is 86.3 Å². The first-order valence-electron chi connectivity index (χ1n) is 6.59. The summed E-state index contributed by atoms with van der Waals surface area (Å²) in [6.07, 6.45) is 1.34. The van der Waals surface area contributed by atoms with E-state index >= 15 is 0 Å². The van der Waals surface area contributed by atoms with Crippen LogP contribution in [0.3, 0.4) is 0 Å². The zero-order valence-corrected chi connectivity index (χ0v) is 12.0. The number of carbonyl (C=O) groups excluding carboxylic acids is 1. The number of carbonyl (C=O) groups is 2. The van der Waals surface area contributed by atoms with E-state index in [0.29, 0.717) is 16.9 Å². The average Bonchev–Trinajstić information content (AvgIpc) is 2.86. The molecule has 0 aliphatic carbocycles. The van der Waals surface area contributed by atoms with Crippen LogP contribution in [0, 0.1) is 13.8 Å². The third-order valence-electron chi connectivity index (χ3n) is 3.20. The van der Waals surface area contributed by atoms with E-state index < -0.39 is 5.97 Å². The molecule has 1 aromatic carbocycles. The molecule has 110 valence electrons. The number of hydrogen-bond acceptors (Lipinski definition) is 3. The Morgan fingerprint density at radius 3 is 2.43 bits per heavy atom. The number of carboxylic acids is 1. The number of nitrogens with one attached hydrogen (secondary N) is 1. The molecule has 0 spiro atoms. The van der Waals surface area contributed by atoms with Crippen molar-refractivity contribution in [3.05, 3.63) is 47.3 Å². The van der Waals surface area contributed by atoms with Crippen molar-refractivity contribution in [2.24, 2.45) is 0 Å². The number of benzene rings is 1. The molecule has 0 saturated heterocycles. The zero-order chi connectivity index (χ0) is 15.4. The first-order valence-corrected chi connectivity index (χ1v) is 6.59. The van der Waals surface area contributed by atoms with Gasteiger partial charge in [-0.05, 0) is 26.0 Å². The van der Waals surface area contributed by atoms with Crippen molar-refractivity contribution in [3.8, 4) is 0 Å². The number of H-pyrrole nitrogens is 1. The highest BCUT2D eigenvalue weighted by molar-refractivity contribution is 6.06. The summed E-state index contributed by atoms with van der Waals surface area (Å²) < 4.78 is 0. The molecule has 0 saturated carbocycles. The lowest BCUT2D eigenvalue weighted by atomic mass is 10.1. The maximum atomic E-state index is 12.6. The molecule has 0 radical (unpaired) electrons. The monoisotopic (exact) mass is 287 g/mol. The summed E-state index contributed by atoms with van der Waals surface area (Å²) in [6, 6.07) is 7.40. The first kappa shape index (κ1) is 14.8. The van der Waals surface area contributed by atoms with Crippen LogP contribution in [-0.4, -0.2) is 33.7 Å². The minimum absolute atomic E-state index is 0.113.